The number of likely N-dealkylation sites (N-methyl/N-ethyl adjacent to an activating group) is 1. The first-order valence-electron chi connectivity index (χ1n) is 6.40. The van der Waals surface area contributed by atoms with E-state index in [1.807, 2.05) is 19.1 Å². The Morgan fingerprint density at radius 3 is 2.71 bits per heavy atom. The summed E-state index contributed by atoms with van der Waals surface area (Å²) < 4.78 is 5.38. The summed E-state index contributed by atoms with van der Waals surface area (Å²) >= 11 is 0. The number of benzene rings is 1. The Bertz CT molecular complexity index is 315. The van der Waals surface area contributed by atoms with Crippen LogP contribution in [0.4, 0.5) is 5.69 Å². The van der Waals surface area contributed by atoms with Crippen molar-refractivity contribution in [1.82, 2.24) is 4.90 Å². The lowest BCUT2D eigenvalue weighted by molar-refractivity contribution is 0.116. The number of hydrogen-bond acceptors (Lipinski definition) is 3. The van der Waals surface area contributed by atoms with Crippen molar-refractivity contribution in [2.45, 2.75) is 20.3 Å². The van der Waals surface area contributed by atoms with Crippen LogP contribution in [0, 0.1) is 0 Å². The van der Waals surface area contributed by atoms with Crippen LogP contribution in [-0.4, -0.2) is 37.7 Å². The van der Waals surface area contributed by atoms with Crippen molar-refractivity contribution >= 4 is 5.69 Å². The third-order valence-corrected chi connectivity index (χ3v) is 2.87. The topological polar surface area (TPSA) is 38.5 Å². The van der Waals surface area contributed by atoms with E-state index < -0.39 is 0 Å². The molecule has 1 aromatic carbocycles. The van der Waals surface area contributed by atoms with Crippen molar-refractivity contribution in [3.05, 3.63) is 29.8 Å². The zero-order valence-electron chi connectivity index (χ0n) is 11.0. The summed E-state index contributed by atoms with van der Waals surface area (Å²) in [4.78, 5) is 2.40. The average molecular weight is 236 g/mol. The summed E-state index contributed by atoms with van der Waals surface area (Å²) in [5.74, 6) is 0. The lowest BCUT2D eigenvalue weighted by Gasteiger charge is -2.20. The van der Waals surface area contributed by atoms with Gasteiger partial charge in [0.05, 0.1) is 6.61 Å². The molecule has 0 aliphatic carbocycles. The number of hydrogen-bond donors (Lipinski definition) is 1. The minimum atomic E-state index is 0.798. The van der Waals surface area contributed by atoms with E-state index in [2.05, 4.69) is 24.0 Å². The van der Waals surface area contributed by atoms with Crippen molar-refractivity contribution in [3.63, 3.8) is 0 Å². The second-order valence-corrected chi connectivity index (χ2v) is 4.13. The quantitative estimate of drug-likeness (QED) is 0.555. The molecule has 3 nitrogen and oxygen atoms in total. The van der Waals surface area contributed by atoms with Crippen LogP contribution in [0.1, 0.15) is 19.4 Å². The van der Waals surface area contributed by atoms with Gasteiger partial charge in [0.2, 0.25) is 0 Å². The third-order valence-electron chi connectivity index (χ3n) is 2.87. The van der Waals surface area contributed by atoms with Crippen molar-refractivity contribution in [2.24, 2.45) is 0 Å². The summed E-state index contributed by atoms with van der Waals surface area (Å²) in [5, 5.41) is 0. The van der Waals surface area contributed by atoms with Crippen molar-refractivity contribution in [2.75, 3.05) is 38.6 Å². The van der Waals surface area contributed by atoms with E-state index in [0.29, 0.717) is 0 Å². The number of rotatable bonds is 8. The Morgan fingerprint density at radius 1 is 1.24 bits per heavy atom. The minimum absolute atomic E-state index is 0.798. The van der Waals surface area contributed by atoms with Gasteiger partial charge < -0.3 is 15.4 Å². The molecule has 0 heterocycles. The SMILES string of the molecule is CCOCCN(CC)CCc1cccc(N)c1. The minimum Gasteiger partial charge on any atom is -0.399 e. The molecule has 0 aliphatic rings. The highest BCUT2D eigenvalue weighted by atomic mass is 16.5. The molecule has 1 aromatic rings. The van der Waals surface area contributed by atoms with Crippen LogP contribution in [-0.2, 0) is 11.2 Å². The van der Waals surface area contributed by atoms with Gasteiger partial charge in [-0.3, -0.25) is 0 Å². The van der Waals surface area contributed by atoms with Crippen LogP contribution in [0.3, 0.4) is 0 Å². The number of nitrogens with zero attached hydrogens (tertiary/aromatic N) is 1. The molecule has 3 heteroatoms. The molecular formula is C14H24N2O. The molecule has 0 spiro atoms. The van der Waals surface area contributed by atoms with Crippen molar-refractivity contribution < 1.29 is 4.74 Å². The van der Waals surface area contributed by atoms with E-state index >= 15 is 0 Å². The average Bonchev–Trinajstić information content (AvgIpc) is 2.34. The standard InChI is InChI=1S/C14H24N2O/c1-3-16(10-11-17-4-2)9-8-13-6-5-7-14(15)12-13/h5-7,12H,3-4,8-11,15H2,1-2H3. The smallest absolute Gasteiger partial charge is 0.0593 e. The van der Waals surface area contributed by atoms with Gasteiger partial charge in [0.1, 0.15) is 0 Å². The summed E-state index contributed by atoms with van der Waals surface area (Å²) in [6.45, 7) is 8.97. The molecule has 0 unspecified atom stereocenters. The van der Waals surface area contributed by atoms with E-state index in [4.69, 9.17) is 10.5 Å². The van der Waals surface area contributed by atoms with Crippen LogP contribution in [0.15, 0.2) is 24.3 Å². The first-order chi connectivity index (χ1) is 8.26. The van der Waals surface area contributed by atoms with Gasteiger partial charge in [-0.05, 0) is 37.6 Å². The molecule has 0 aromatic heterocycles. The molecule has 0 saturated heterocycles. The molecule has 96 valence electrons. The molecular weight excluding hydrogens is 212 g/mol. The summed E-state index contributed by atoms with van der Waals surface area (Å²) in [7, 11) is 0. The molecule has 0 radical (unpaired) electrons. The molecule has 0 atom stereocenters. The predicted octanol–water partition coefficient (Wildman–Crippen LogP) is 2.17. The molecule has 0 amide bonds. The van der Waals surface area contributed by atoms with Gasteiger partial charge in [0, 0.05) is 25.4 Å². The summed E-state index contributed by atoms with van der Waals surface area (Å²) in [5.41, 5.74) is 7.91. The molecule has 2 N–H and O–H groups in total. The Labute approximate surface area is 105 Å². The Morgan fingerprint density at radius 2 is 2.06 bits per heavy atom. The summed E-state index contributed by atoms with van der Waals surface area (Å²) in [6, 6.07) is 8.13. The maximum atomic E-state index is 5.76. The number of ether oxygens (including phenoxy) is 1. The third kappa shape index (κ3) is 5.71. The van der Waals surface area contributed by atoms with E-state index in [9.17, 15) is 0 Å². The summed E-state index contributed by atoms with van der Waals surface area (Å²) in [6.07, 6.45) is 1.05. The number of anilines is 1. The molecule has 1 rings (SSSR count). The zero-order valence-corrected chi connectivity index (χ0v) is 11.0. The Kier molecular flexibility index (Phi) is 6.67. The van der Waals surface area contributed by atoms with E-state index in [1.165, 1.54) is 5.56 Å². The highest BCUT2D eigenvalue weighted by Crippen LogP contribution is 2.07. The Hall–Kier alpha value is -1.06. The van der Waals surface area contributed by atoms with Gasteiger partial charge in [0.25, 0.3) is 0 Å². The lowest BCUT2D eigenvalue weighted by atomic mass is 10.1. The molecule has 0 fully saturated rings. The number of nitrogen functional groups attached to an aromatic ring is 1. The van der Waals surface area contributed by atoms with Gasteiger partial charge in [-0.25, -0.2) is 0 Å². The van der Waals surface area contributed by atoms with Crippen LogP contribution >= 0.6 is 0 Å². The van der Waals surface area contributed by atoms with Crippen molar-refractivity contribution in [3.8, 4) is 0 Å². The first kappa shape index (κ1) is 14.0. The predicted molar refractivity (Wildman–Crippen MR) is 73.2 cm³/mol. The number of nitrogens with two attached hydrogens (primary N) is 1. The fourth-order valence-electron chi connectivity index (χ4n) is 1.80. The largest absolute Gasteiger partial charge is 0.399 e. The molecule has 17 heavy (non-hydrogen) atoms. The maximum absolute atomic E-state index is 5.76. The second-order valence-electron chi connectivity index (χ2n) is 4.13. The van der Waals surface area contributed by atoms with Crippen LogP contribution in [0.2, 0.25) is 0 Å². The van der Waals surface area contributed by atoms with Crippen LogP contribution in [0.5, 0.6) is 0 Å². The zero-order chi connectivity index (χ0) is 12.5. The van der Waals surface area contributed by atoms with Gasteiger partial charge in [-0.2, -0.15) is 0 Å². The Balaban J connectivity index is 2.31. The van der Waals surface area contributed by atoms with Gasteiger partial charge >= 0.3 is 0 Å². The lowest BCUT2D eigenvalue weighted by Crippen LogP contribution is -2.29. The van der Waals surface area contributed by atoms with E-state index in [-0.39, 0.29) is 0 Å². The first-order valence-corrected chi connectivity index (χ1v) is 6.40. The van der Waals surface area contributed by atoms with Crippen LogP contribution in [0.25, 0.3) is 0 Å². The maximum Gasteiger partial charge on any atom is 0.0593 e. The fraction of sp³-hybridized carbons (Fsp3) is 0.571. The molecule has 0 aliphatic heterocycles. The van der Waals surface area contributed by atoms with Gasteiger partial charge in [0.15, 0.2) is 0 Å². The second kappa shape index (κ2) is 8.09. The monoisotopic (exact) mass is 236 g/mol. The normalized spacial score (nSPS) is 11.0. The van der Waals surface area contributed by atoms with Gasteiger partial charge in [-0.15, -0.1) is 0 Å². The van der Waals surface area contributed by atoms with E-state index in [0.717, 1.165) is 45.0 Å². The molecule has 0 bridgehead atoms. The van der Waals surface area contributed by atoms with Crippen LogP contribution < -0.4 is 5.73 Å². The van der Waals surface area contributed by atoms with Crippen molar-refractivity contribution in [1.29, 1.82) is 0 Å². The van der Waals surface area contributed by atoms with Gasteiger partial charge in [-0.1, -0.05) is 19.1 Å². The fourth-order valence-corrected chi connectivity index (χ4v) is 1.80. The molecule has 0 saturated carbocycles. The van der Waals surface area contributed by atoms with E-state index in [1.54, 1.807) is 0 Å². The highest BCUT2D eigenvalue weighted by molar-refractivity contribution is 5.40. The highest BCUT2D eigenvalue weighted by Gasteiger charge is 2.02.